The Kier molecular flexibility index (Phi) is 1.98. The van der Waals surface area contributed by atoms with Gasteiger partial charge in [-0.3, -0.25) is 4.98 Å². The van der Waals surface area contributed by atoms with Gasteiger partial charge in [0.05, 0.1) is 22.8 Å². The van der Waals surface area contributed by atoms with Crippen LogP contribution < -0.4 is 0 Å². The number of H-pyrrole nitrogens is 1. The summed E-state index contributed by atoms with van der Waals surface area (Å²) >= 11 is 0. The molecule has 0 radical (unpaired) electrons. The highest BCUT2D eigenvalue weighted by molar-refractivity contribution is 5.80. The molecular weight excluding hydrogens is 218 g/mol. The molecule has 0 aliphatic heterocycles. The zero-order valence-electron chi connectivity index (χ0n) is 8.75. The molecule has 0 amide bonds. The second kappa shape index (κ2) is 3.48. The van der Waals surface area contributed by atoms with E-state index in [1.807, 2.05) is 0 Å². The third kappa shape index (κ3) is 1.48. The number of benzene rings is 1. The lowest BCUT2D eigenvalue weighted by molar-refractivity contribution is 0.405. The number of aromatic nitrogens is 3. The molecule has 0 atom stereocenters. The number of pyridine rings is 1. The van der Waals surface area contributed by atoms with Gasteiger partial charge in [-0.2, -0.15) is 0 Å². The number of fused-ring (bicyclic) bond motifs is 1. The van der Waals surface area contributed by atoms with Gasteiger partial charge in [-0.1, -0.05) is 6.07 Å². The third-order valence-corrected chi connectivity index (χ3v) is 2.55. The van der Waals surface area contributed by atoms with Crippen molar-refractivity contribution in [3.63, 3.8) is 0 Å². The van der Waals surface area contributed by atoms with Gasteiger partial charge in [0.15, 0.2) is 11.5 Å². The lowest BCUT2D eigenvalue weighted by Gasteiger charge is -2.02. The predicted molar refractivity (Wildman–Crippen MR) is 62.7 cm³/mol. The Labute approximate surface area is 96.4 Å². The van der Waals surface area contributed by atoms with Gasteiger partial charge in [0.1, 0.15) is 5.82 Å². The molecule has 5 heteroatoms. The Morgan fingerprint density at radius 1 is 1.12 bits per heavy atom. The quantitative estimate of drug-likeness (QED) is 0.555. The average molecular weight is 227 g/mol. The number of aromatic amines is 1. The van der Waals surface area contributed by atoms with Crippen LogP contribution in [0, 0.1) is 0 Å². The average Bonchev–Trinajstić information content (AvgIpc) is 2.76. The number of para-hydroxylation sites is 1. The molecule has 0 saturated heterocycles. The molecule has 5 nitrogen and oxygen atoms in total. The number of nitrogens with one attached hydrogen (secondary N) is 1. The highest BCUT2D eigenvalue weighted by atomic mass is 16.3. The molecule has 3 N–H and O–H groups in total. The van der Waals surface area contributed by atoms with Crippen molar-refractivity contribution in [1.82, 2.24) is 15.0 Å². The SMILES string of the molecule is Oc1cccc(-c2nc3ccncc3[nH]2)c1O. The summed E-state index contributed by atoms with van der Waals surface area (Å²) in [5.41, 5.74) is 2.00. The number of nitrogens with zero attached hydrogens (tertiary/aromatic N) is 2. The second-order valence-corrected chi connectivity index (χ2v) is 3.65. The van der Waals surface area contributed by atoms with Crippen LogP contribution >= 0.6 is 0 Å². The van der Waals surface area contributed by atoms with E-state index in [9.17, 15) is 10.2 Å². The van der Waals surface area contributed by atoms with Gasteiger partial charge in [-0.15, -0.1) is 0 Å². The molecule has 17 heavy (non-hydrogen) atoms. The first-order valence-electron chi connectivity index (χ1n) is 5.07. The van der Waals surface area contributed by atoms with Crippen LogP contribution in [0.25, 0.3) is 22.4 Å². The van der Waals surface area contributed by atoms with Gasteiger partial charge in [0.2, 0.25) is 0 Å². The van der Waals surface area contributed by atoms with Crippen LogP contribution in [-0.2, 0) is 0 Å². The number of imidazole rings is 1. The molecule has 84 valence electrons. The molecule has 2 aromatic heterocycles. The van der Waals surface area contributed by atoms with Gasteiger partial charge < -0.3 is 15.2 Å². The second-order valence-electron chi connectivity index (χ2n) is 3.65. The first-order valence-corrected chi connectivity index (χ1v) is 5.07. The molecule has 0 spiro atoms. The minimum absolute atomic E-state index is 0.166. The number of phenolic OH excluding ortho intramolecular Hbond substituents is 2. The fourth-order valence-electron chi connectivity index (χ4n) is 1.71. The summed E-state index contributed by atoms with van der Waals surface area (Å²) in [6.07, 6.45) is 3.31. The van der Waals surface area contributed by atoms with Crippen molar-refractivity contribution in [3.8, 4) is 22.9 Å². The number of rotatable bonds is 1. The summed E-state index contributed by atoms with van der Waals surface area (Å²) in [5, 5.41) is 19.2. The lowest BCUT2D eigenvalue weighted by atomic mass is 10.2. The first kappa shape index (κ1) is 9.65. The van der Waals surface area contributed by atoms with Crippen molar-refractivity contribution >= 4 is 11.0 Å². The van der Waals surface area contributed by atoms with Crippen LogP contribution in [0.4, 0.5) is 0 Å². The standard InChI is InChI=1S/C12H9N3O2/c16-10-3-1-2-7(11(10)17)12-14-8-4-5-13-6-9(8)15-12/h1-6,16-17H,(H,14,15). The van der Waals surface area contributed by atoms with Gasteiger partial charge in [0, 0.05) is 6.20 Å². The highest BCUT2D eigenvalue weighted by Crippen LogP contribution is 2.35. The smallest absolute Gasteiger partial charge is 0.168 e. The summed E-state index contributed by atoms with van der Waals surface area (Å²) in [6, 6.07) is 6.52. The highest BCUT2D eigenvalue weighted by Gasteiger charge is 2.11. The molecule has 0 unspecified atom stereocenters. The van der Waals surface area contributed by atoms with Crippen LogP contribution in [-0.4, -0.2) is 25.2 Å². The molecule has 2 heterocycles. The summed E-state index contributed by atoms with van der Waals surface area (Å²) in [7, 11) is 0. The minimum Gasteiger partial charge on any atom is -0.504 e. The van der Waals surface area contributed by atoms with E-state index in [2.05, 4.69) is 15.0 Å². The van der Waals surface area contributed by atoms with Crippen molar-refractivity contribution in [1.29, 1.82) is 0 Å². The van der Waals surface area contributed by atoms with Gasteiger partial charge >= 0.3 is 0 Å². The Hall–Kier alpha value is -2.56. The van der Waals surface area contributed by atoms with Crippen LogP contribution in [0.5, 0.6) is 11.5 Å². The topological polar surface area (TPSA) is 82.0 Å². The normalized spacial score (nSPS) is 10.8. The Bertz CT molecular complexity index is 658. The number of aromatic hydroxyl groups is 2. The minimum atomic E-state index is -0.181. The van der Waals surface area contributed by atoms with Crippen LogP contribution in [0.2, 0.25) is 0 Å². The van der Waals surface area contributed by atoms with E-state index in [-0.39, 0.29) is 11.5 Å². The van der Waals surface area contributed by atoms with Gasteiger partial charge in [-0.05, 0) is 18.2 Å². The summed E-state index contributed by atoms with van der Waals surface area (Å²) in [6.45, 7) is 0. The molecule has 0 fully saturated rings. The summed E-state index contributed by atoms with van der Waals surface area (Å²) in [5.74, 6) is 0.155. The van der Waals surface area contributed by atoms with E-state index >= 15 is 0 Å². The van der Waals surface area contributed by atoms with E-state index in [1.54, 1.807) is 30.6 Å². The number of hydrogen-bond donors (Lipinski definition) is 3. The van der Waals surface area contributed by atoms with E-state index in [0.29, 0.717) is 11.4 Å². The number of phenols is 2. The number of hydrogen-bond acceptors (Lipinski definition) is 4. The first-order chi connectivity index (χ1) is 8.25. The van der Waals surface area contributed by atoms with Crippen LogP contribution in [0.15, 0.2) is 36.7 Å². The third-order valence-electron chi connectivity index (χ3n) is 2.55. The molecule has 0 bridgehead atoms. The Morgan fingerprint density at radius 3 is 2.82 bits per heavy atom. The molecule has 0 aliphatic carbocycles. The van der Waals surface area contributed by atoms with Gasteiger partial charge in [-0.25, -0.2) is 4.98 Å². The molecule has 0 saturated carbocycles. The van der Waals surface area contributed by atoms with Crippen molar-refractivity contribution in [3.05, 3.63) is 36.7 Å². The van der Waals surface area contributed by atoms with Gasteiger partial charge in [0.25, 0.3) is 0 Å². The largest absolute Gasteiger partial charge is 0.504 e. The van der Waals surface area contributed by atoms with Crippen LogP contribution in [0.1, 0.15) is 0 Å². The van der Waals surface area contributed by atoms with Crippen molar-refractivity contribution in [2.45, 2.75) is 0 Å². The maximum atomic E-state index is 9.75. The van der Waals surface area contributed by atoms with E-state index in [4.69, 9.17) is 0 Å². The van der Waals surface area contributed by atoms with E-state index in [1.165, 1.54) is 6.07 Å². The van der Waals surface area contributed by atoms with E-state index in [0.717, 1.165) is 11.0 Å². The summed E-state index contributed by atoms with van der Waals surface area (Å²) in [4.78, 5) is 11.3. The Morgan fingerprint density at radius 2 is 2.00 bits per heavy atom. The maximum Gasteiger partial charge on any atom is 0.168 e. The molecule has 1 aromatic carbocycles. The van der Waals surface area contributed by atoms with Crippen LogP contribution in [0.3, 0.4) is 0 Å². The monoisotopic (exact) mass is 227 g/mol. The van der Waals surface area contributed by atoms with Crippen molar-refractivity contribution in [2.24, 2.45) is 0 Å². The van der Waals surface area contributed by atoms with Crippen molar-refractivity contribution < 1.29 is 10.2 Å². The molecule has 3 rings (SSSR count). The molecule has 3 aromatic rings. The zero-order chi connectivity index (χ0) is 11.8. The Balaban J connectivity index is 2.24. The van der Waals surface area contributed by atoms with Crippen molar-refractivity contribution in [2.75, 3.05) is 0 Å². The molecule has 0 aliphatic rings. The summed E-state index contributed by atoms with van der Waals surface area (Å²) < 4.78 is 0. The maximum absolute atomic E-state index is 9.75. The fourth-order valence-corrected chi connectivity index (χ4v) is 1.71. The predicted octanol–water partition coefficient (Wildman–Crippen LogP) is 2.04. The zero-order valence-corrected chi connectivity index (χ0v) is 8.75. The fraction of sp³-hybridized carbons (Fsp3) is 0. The molecular formula is C12H9N3O2. The lowest BCUT2D eigenvalue weighted by Crippen LogP contribution is -1.81. The van der Waals surface area contributed by atoms with E-state index < -0.39 is 0 Å².